The maximum atomic E-state index is 13.7. The summed E-state index contributed by atoms with van der Waals surface area (Å²) < 4.78 is 20.3. The molecular weight excluding hydrogens is 297 g/mol. The topological polar surface area (TPSA) is 35.2 Å². The first-order chi connectivity index (χ1) is 8.72. The molecule has 0 aromatic heterocycles. The molecule has 0 aliphatic heterocycles. The Morgan fingerprint density at radius 1 is 1.11 bits per heavy atom. The molecule has 0 fully saturated rings. The molecule has 0 aliphatic carbocycles. The van der Waals surface area contributed by atoms with Gasteiger partial charge in [-0.05, 0) is 34.1 Å². The summed E-state index contributed by atoms with van der Waals surface area (Å²) in [6, 6.07) is 13.9. The molecule has 0 saturated heterocycles. The largest absolute Gasteiger partial charge is 0.483 e. The van der Waals surface area contributed by atoms with Gasteiger partial charge in [0.2, 0.25) is 0 Å². The summed E-state index contributed by atoms with van der Waals surface area (Å²) in [6.45, 7) is 0.211. The average molecular weight is 310 g/mol. The highest BCUT2D eigenvalue weighted by Gasteiger charge is 2.16. The first kappa shape index (κ1) is 13.1. The van der Waals surface area contributed by atoms with E-state index in [1.807, 2.05) is 24.3 Å². The van der Waals surface area contributed by atoms with Crippen LogP contribution in [0.25, 0.3) is 0 Å². The average Bonchev–Trinajstić information content (AvgIpc) is 2.39. The SMILES string of the molecule is NCC(Oc1ccccc1Br)c1ccccc1F. The predicted octanol–water partition coefficient (Wildman–Crippen LogP) is 3.67. The van der Waals surface area contributed by atoms with Crippen molar-refractivity contribution in [2.75, 3.05) is 6.54 Å². The Hall–Kier alpha value is -1.39. The third kappa shape index (κ3) is 2.89. The van der Waals surface area contributed by atoms with Crippen LogP contribution in [0.5, 0.6) is 5.75 Å². The zero-order chi connectivity index (χ0) is 13.0. The monoisotopic (exact) mass is 309 g/mol. The smallest absolute Gasteiger partial charge is 0.139 e. The fourth-order valence-corrected chi connectivity index (χ4v) is 2.05. The van der Waals surface area contributed by atoms with Crippen LogP contribution in [0.15, 0.2) is 53.0 Å². The fraction of sp³-hybridized carbons (Fsp3) is 0.143. The van der Waals surface area contributed by atoms with Gasteiger partial charge in [0.25, 0.3) is 0 Å². The van der Waals surface area contributed by atoms with Gasteiger partial charge in [0.05, 0.1) is 4.47 Å². The summed E-state index contributed by atoms with van der Waals surface area (Å²) in [5, 5.41) is 0. The normalized spacial score (nSPS) is 12.2. The Balaban J connectivity index is 2.26. The maximum absolute atomic E-state index is 13.7. The van der Waals surface area contributed by atoms with Crippen LogP contribution in [0.1, 0.15) is 11.7 Å². The lowest BCUT2D eigenvalue weighted by atomic mass is 10.1. The van der Waals surface area contributed by atoms with Crippen LogP contribution in [-0.4, -0.2) is 6.54 Å². The molecule has 0 spiro atoms. The maximum Gasteiger partial charge on any atom is 0.139 e. The molecule has 0 aliphatic rings. The lowest BCUT2D eigenvalue weighted by Gasteiger charge is -2.19. The predicted molar refractivity (Wildman–Crippen MR) is 73.0 cm³/mol. The van der Waals surface area contributed by atoms with Crippen molar-refractivity contribution in [3.05, 3.63) is 64.4 Å². The lowest BCUT2D eigenvalue weighted by molar-refractivity contribution is 0.207. The number of halogens is 2. The molecule has 94 valence electrons. The zero-order valence-electron chi connectivity index (χ0n) is 9.64. The van der Waals surface area contributed by atoms with Crippen molar-refractivity contribution >= 4 is 15.9 Å². The molecular formula is C14H13BrFNO. The molecule has 2 aromatic carbocycles. The van der Waals surface area contributed by atoms with Gasteiger partial charge in [-0.25, -0.2) is 4.39 Å². The van der Waals surface area contributed by atoms with Crippen LogP contribution >= 0.6 is 15.9 Å². The Morgan fingerprint density at radius 2 is 1.78 bits per heavy atom. The van der Waals surface area contributed by atoms with Gasteiger partial charge in [-0.2, -0.15) is 0 Å². The van der Waals surface area contributed by atoms with Crippen molar-refractivity contribution in [1.29, 1.82) is 0 Å². The van der Waals surface area contributed by atoms with Gasteiger partial charge in [0.1, 0.15) is 17.7 Å². The third-order valence-corrected chi connectivity index (χ3v) is 3.23. The van der Waals surface area contributed by atoms with E-state index < -0.39 is 6.10 Å². The first-order valence-electron chi connectivity index (χ1n) is 5.58. The van der Waals surface area contributed by atoms with Crippen LogP contribution in [0.2, 0.25) is 0 Å². The molecule has 0 saturated carbocycles. The minimum absolute atomic E-state index is 0.211. The molecule has 2 aromatic rings. The molecule has 4 heteroatoms. The highest BCUT2D eigenvalue weighted by Crippen LogP contribution is 2.29. The van der Waals surface area contributed by atoms with Crippen molar-refractivity contribution in [2.24, 2.45) is 5.73 Å². The van der Waals surface area contributed by atoms with Crippen LogP contribution in [-0.2, 0) is 0 Å². The Bertz CT molecular complexity index is 533. The van der Waals surface area contributed by atoms with E-state index in [0.717, 1.165) is 4.47 Å². The minimum atomic E-state index is -0.495. The van der Waals surface area contributed by atoms with Gasteiger partial charge in [-0.3, -0.25) is 0 Å². The van der Waals surface area contributed by atoms with Crippen LogP contribution in [0.4, 0.5) is 4.39 Å². The van der Waals surface area contributed by atoms with Gasteiger partial charge in [-0.1, -0.05) is 30.3 Å². The van der Waals surface area contributed by atoms with E-state index in [4.69, 9.17) is 10.5 Å². The zero-order valence-corrected chi connectivity index (χ0v) is 11.2. The van der Waals surface area contributed by atoms with E-state index in [1.165, 1.54) is 6.07 Å². The summed E-state index contributed by atoms with van der Waals surface area (Å²) in [5.41, 5.74) is 6.13. The van der Waals surface area contributed by atoms with Crippen molar-refractivity contribution in [1.82, 2.24) is 0 Å². The second-order valence-electron chi connectivity index (χ2n) is 3.79. The van der Waals surface area contributed by atoms with Crippen molar-refractivity contribution in [3.63, 3.8) is 0 Å². The number of para-hydroxylation sites is 1. The van der Waals surface area contributed by atoms with Gasteiger partial charge in [0, 0.05) is 12.1 Å². The first-order valence-corrected chi connectivity index (χ1v) is 6.37. The second-order valence-corrected chi connectivity index (χ2v) is 4.65. The Morgan fingerprint density at radius 3 is 2.44 bits per heavy atom. The molecule has 1 unspecified atom stereocenters. The quantitative estimate of drug-likeness (QED) is 0.935. The van der Waals surface area contributed by atoms with E-state index in [0.29, 0.717) is 11.3 Å². The number of benzene rings is 2. The molecule has 1 atom stereocenters. The molecule has 2 N–H and O–H groups in total. The molecule has 2 nitrogen and oxygen atoms in total. The van der Waals surface area contributed by atoms with Gasteiger partial charge in [0.15, 0.2) is 0 Å². The Labute approximate surface area is 114 Å². The van der Waals surface area contributed by atoms with Gasteiger partial charge < -0.3 is 10.5 Å². The summed E-state index contributed by atoms with van der Waals surface area (Å²) in [5.74, 6) is 0.344. The van der Waals surface area contributed by atoms with E-state index in [1.54, 1.807) is 18.2 Å². The van der Waals surface area contributed by atoms with E-state index in [-0.39, 0.29) is 12.4 Å². The molecule has 2 rings (SSSR count). The summed E-state index contributed by atoms with van der Waals surface area (Å²) >= 11 is 3.39. The molecule has 18 heavy (non-hydrogen) atoms. The third-order valence-electron chi connectivity index (χ3n) is 2.57. The van der Waals surface area contributed by atoms with E-state index in [2.05, 4.69) is 15.9 Å². The number of nitrogens with two attached hydrogens (primary N) is 1. The van der Waals surface area contributed by atoms with Crippen molar-refractivity contribution in [3.8, 4) is 5.75 Å². The van der Waals surface area contributed by atoms with Crippen molar-refractivity contribution in [2.45, 2.75) is 6.10 Å². The summed E-state index contributed by atoms with van der Waals surface area (Å²) in [7, 11) is 0. The molecule has 0 bridgehead atoms. The van der Waals surface area contributed by atoms with E-state index in [9.17, 15) is 4.39 Å². The Kier molecular flexibility index (Phi) is 4.33. The molecule has 0 amide bonds. The van der Waals surface area contributed by atoms with Crippen LogP contribution in [0, 0.1) is 5.82 Å². The highest BCUT2D eigenvalue weighted by molar-refractivity contribution is 9.10. The second kappa shape index (κ2) is 5.98. The number of hydrogen-bond donors (Lipinski definition) is 1. The van der Waals surface area contributed by atoms with Crippen molar-refractivity contribution < 1.29 is 9.13 Å². The summed E-state index contributed by atoms with van der Waals surface area (Å²) in [6.07, 6.45) is -0.495. The summed E-state index contributed by atoms with van der Waals surface area (Å²) in [4.78, 5) is 0. The lowest BCUT2D eigenvalue weighted by Crippen LogP contribution is -2.19. The number of rotatable bonds is 4. The highest BCUT2D eigenvalue weighted by atomic mass is 79.9. The fourth-order valence-electron chi connectivity index (χ4n) is 1.67. The van der Waals surface area contributed by atoms with Gasteiger partial charge in [-0.15, -0.1) is 0 Å². The number of hydrogen-bond acceptors (Lipinski definition) is 2. The van der Waals surface area contributed by atoms with Gasteiger partial charge >= 0.3 is 0 Å². The standard InChI is InChI=1S/C14H13BrFNO/c15-11-6-2-4-8-13(11)18-14(9-17)10-5-1-3-7-12(10)16/h1-8,14H,9,17H2. The molecule has 0 radical (unpaired) electrons. The van der Waals surface area contributed by atoms with Crippen LogP contribution in [0.3, 0.4) is 0 Å². The number of ether oxygens (including phenoxy) is 1. The van der Waals surface area contributed by atoms with Crippen LogP contribution < -0.4 is 10.5 Å². The molecule has 0 heterocycles. The van der Waals surface area contributed by atoms with E-state index >= 15 is 0 Å². The minimum Gasteiger partial charge on any atom is -0.483 e.